The highest BCUT2D eigenvalue weighted by Crippen LogP contribution is 2.24. The van der Waals surface area contributed by atoms with Crippen LogP contribution in [0.1, 0.15) is 36.0 Å². The summed E-state index contributed by atoms with van der Waals surface area (Å²) in [6.07, 6.45) is 0. The lowest BCUT2D eigenvalue weighted by molar-refractivity contribution is 0.0897. The van der Waals surface area contributed by atoms with Crippen molar-refractivity contribution in [1.82, 2.24) is 5.32 Å². The van der Waals surface area contributed by atoms with E-state index in [0.29, 0.717) is 5.02 Å². The van der Waals surface area contributed by atoms with Crippen LogP contribution in [-0.4, -0.2) is 5.91 Å². The van der Waals surface area contributed by atoms with Crippen LogP contribution in [-0.2, 0) is 0 Å². The molecule has 1 heterocycles. The fourth-order valence-electron chi connectivity index (χ4n) is 1.95. The smallest absolute Gasteiger partial charge is 0.287 e. The Kier molecular flexibility index (Phi) is 4.73. The molecule has 1 atom stereocenters. The Morgan fingerprint density at radius 2 is 1.75 bits per heavy atom. The van der Waals surface area contributed by atoms with Crippen molar-refractivity contribution in [2.75, 3.05) is 0 Å². The molecule has 2 aromatic rings. The van der Waals surface area contributed by atoms with Gasteiger partial charge in [-0.05, 0) is 47.3 Å². The highest BCUT2D eigenvalue weighted by Gasteiger charge is 2.20. The monoisotopic (exact) mass is 311 g/mol. The van der Waals surface area contributed by atoms with E-state index in [1.165, 1.54) is 0 Å². The molecule has 20 heavy (non-hydrogen) atoms. The van der Waals surface area contributed by atoms with Gasteiger partial charge in [0.2, 0.25) is 0 Å². The van der Waals surface area contributed by atoms with E-state index >= 15 is 0 Å². The van der Waals surface area contributed by atoms with E-state index in [1.807, 2.05) is 38.1 Å². The highest BCUT2D eigenvalue weighted by atomic mass is 35.5. The first-order valence-electron chi connectivity index (χ1n) is 6.29. The third-order valence-corrected chi connectivity index (χ3v) is 3.43. The van der Waals surface area contributed by atoms with Crippen molar-refractivity contribution < 1.29 is 9.21 Å². The number of hydrogen-bond acceptors (Lipinski definition) is 2. The molecule has 0 saturated heterocycles. The first kappa shape index (κ1) is 14.9. The molecule has 0 aliphatic heterocycles. The van der Waals surface area contributed by atoms with Gasteiger partial charge in [0.25, 0.3) is 5.91 Å². The maximum absolute atomic E-state index is 12.1. The number of rotatable bonds is 4. The second kappa shape index (κ2) is 6.33. The number of halogens is 2. The first-order valence-corrected chi connectivity index (χ1v) is 7.04. The summed E-state index contributed by atoms with van der Waals surface area (Å²) in [7, 11) is 0. The van der Waals surface area contributed by atoms with E-state index in [2.05, 4.69) is 5.32 Å². The first-order chi connectivity index (χ1) is 9.47. The van der Waals surface area contributed by atoms with Gasteiger partial charge < -0.3 is 9.73 Å². The number of amides is 1. The predicted molar refractivity (Wildman–Crippen MR) is 80.2 cm³/mol. The number of carbonyl (C=O) groups is 1. The maximum Gasteiger partial charge on any atom is 0.287 e. The van der Waals surface area contributed by atoms with Crippen molar-refractivity contribution in [2.45, 2.75) is 19.9 Å². The van der Waals surface area contributed by atoms with Gasteiger partial charge >= 0.3 is 0 Å². The van der Waals surface area contributed by atoms with Crippen LogP contribution in [0.4, 0.5) is 0 Å². The average molecular weight is 312 g/mol. The van der Waals surface area contributed by atoms with Crippen LogP contribution in [0.5, 0.6) is 0 Å². The zero-order valence-electron chi connectivity index (χ0n) is 11.2. The molecule has 0 radical (unpaired) electrons. The Balaban J connectivity index is 2.17. The standard InChI is InChI=1S/C15H15Cl2NO2/c1-9(2)14(10-3-5-11(16)6-4-10)18-15(19)12-7-8-13(17)20-12/h3-9,14H,1-2H3,(H,18,19). The molecule has 0 spiro atoms. The SMILES string of the molecule is CC(C)C(NC(=O)c1ccc(Cl)o1)c1ccc(Cl)cc1. The van der Waals surface area contributed by atoms with Gasteiger partial charge in [0.1, 0.15) is 0 Å². The predicted octanol–water partition coefficient (Wildman–Crippen LogP) is 4.71. The second-order valence-electron chi connectivity index (χ2n) is 4.85. The van der Waals surface area contributed by atoms with Crippen molar-refractivity contribution in [1.29, 1.82) is 0 Å². The number of furan rings is 1. The average Bonchev–Trinajstić information content (AvgIpc) is 2.83. The third kappa shape index (κ3) is 3.56. The lowest BCUT2D eigenvalue weighted by Gasteiger charge is -2.22. The molecule has 0 bridgehead atoms. The minimum atomic E-state index is -0.287. The van der Waals surface area contributed by atoms with E-state index in [9.17, 15) is 4.79 Å². The Morgan fingerprint density at radius 3 is 2.25 bits per heavy atom. The van der Waals surface area contributed by atoms with E-state index in [1.54, 1.807) is 12.1 Å². The lowest BCUT2D eigenvalue weighted by Crippen LogP contribution is -2.31. The summed E-state index contributed by atoms with van der Waals surface area (Å²) >= 11 is 11.6. The van der Waals surface area contributed by atoms with Crippen LogP contribution in [0.2, 0.25) is 10.2 Å². The second-order valence-corrected chi connectivity index (χ2v) is 5.66. The molecular weight excluding hydrogens is 297 g/mol. The zero-order valence-corrected chi connectivity index (χ0v) is 12.7. The van der Waals surface area contributed by atoms with Gasteiger partial charge in [0, 0.05) is 5.02 Å². The molecule has 1 N–H and O–H groups in total. The normalized spacial score (nSPS) is 12.4. The van der Waals surface area contributed by atoms with Crippen LogP contribution in [0.3, 0.4) is 0 Å². The topological polar surface area (TPSA) is 42.2 Å². The Morgan fingerprint density at radius 1 is 1.10 bits per heavy atom. The molecule has 1 unspecified atom stereocenters. The largest absolute Gasteiger partial charge is 0.440 e. The molecule has 3 nitrogen and oxygen atoms in total. The molecule has 2 rings (SSSR count). The quantitative estimate of drug-likeness (QED) is 0.888. The molecule has 0 fully saturated rings. The van der Waals surface area contributed by atoms with Crippen LogP contribution >= 0.6 is 23.2 Å². The Bertz CT molecular complexity index is 590. The lowest BCUT2D eigenvalue weighted by atomic mass is 9.96. The van der Waals surface area contributed by atoms with Crippen LogP contribution in [0.25, 0.3) is 0 Å². The van der Waals surface area contributed by atoms with E-state index in [-0.39, 0.29) is 28.8 Å². The van der Waals surface area contributed by atoms with Gasteiger partial charge in [-0.3, -0.25) is 4.79 Å². The molecule has 0 saturated carbocycles. The fraction of sp³-hybridized carbons (Fsp3) is 0.267. The van der Waals surface area contributed by atoms with Gasteiger partial charge in [-0.25, -0.2) is 0 Å². The molecule has 0 aliphatic carbocycles. The third-order valence-electron chi connectivity index (χ3n) is 2.98. The zero-order chi connectivity index (χ0) is 14.7. The van der Waals surface area contributed by atoms with Gasteiger partial charge in [0.05, 0.1) is 6.04 Å². The summed E-state index contributed by atoms with van der Waals surface area (Å²) in [6, 6.07) is 10.4. The summed E-state index contributed by atoms with van der Waals surface area (Å²) in [4.78, 5) is 12.1. The van der Waals surface area contributed by atoms with Crippen molar-refractivity contribution >= 4 is 29.1 Å². The Hall–Kier alpha value is -1.45. The van der Waals surface area contributed by atoms with Crippen molar-refractivity contribution in [3.63, 3.8) is 0 Å². The fourth-order valence-corrected chi connectivity index (χ4v) is 2.23. The highest BCUT2D eigenvalue weighted by molar-refractivity contribution is 6.30. The molecule has 106 valence electrons. The number of benzene rings is 1. The van der Waals surface area contributed by atoms with Gasteiger partial charge in [-0.15, -0.1) is 0 Å². The van der Waals surface area contributed by atoms with Crippen molar-refractivity contribution in [3.05, 3.63) is 58.0 Å². The van der Waals surface area contributed by atoms with Crippen LogP contribution in [0, 0.1) is 5.92 Å². The number of nitrogens with one attached hydrogen (secondary N) is 1. The molecule has 5 heteroatoms. The van der Waals surface area contributed by atoms with Gasteiger partial charge in [-0.1, -0.05) is 37.6 Å². The summed E-state index contributed by atoms with van der Waals surface area (Å²) in [6.45, 7) is 4.07. The molecule has 1 amide bonds. The summed E-state index contributed by atoms with van der Waals surface area (Å²) in [5.74, 6) is 0.144. The maximum atomic E-state index is 12.1. The summed E-state index contributed by atoms with van der Waals surface area (Å²) in [5, 5.41) is 3.81. The number of hydrogen-bond donors (Lipinski definition) is 1. The molecule has 1 aromatic carbocycles. The number of carbonyl (C=O) groups excluding carboxylic acids is 1. The van der Waals surface area contributed by atoms with Crippen molar-refractivity contribution in [2.24, 2.45) is 5.92 Å². The minimum absolute atomic E-state index is 0.122. The Labute approximate surface area is 127 Å². The summed E-state index contributed by atoms with van der Waals surface area (Å²) in [5.41, 5.74) is 0.996. The van der Waals surface area contributed by atoms with Crippen LogP contribution in [0.15, 0.2) is 40.8 Å². The molecule has 0 aliphatic rings. The molecular formula is C15H15Cl2NO2. The molecule has 1 aromatic heterocycles. The minimum Gasteiger partial charge on any atom is -0.440 e. The van der Waals surface area contributed by atoms with E-state index < -0.39 is 0 Å². The van der Waals surface area contributed by atoms with E-state index in [4.69, 9.17) is 27.6 Å². The van der Waals surface area contributed by atoms with E-state index in [0.717, 1.165) is 5.56 Å². The van der Waals surface area contributed by atoms with Gasteiger partial charge in [0.15, 0.2) is 11.0 Å². The van der Waals surface area contributed by atoms with Crippen LogP contribution < -0.4 is 5.32 Å². The summed E-state index contributed by atoms with van der Waals surface area (Å²) < 4.78 is 5.11. The van der Waals surface area contributed by atoms with Gasteiger partial charge in [-0.2, -0.15) is 0 Å². The van der Waals surface area contributed by atoms with Crippen molar-refractivity contribution in [3.8, 4) is 0 Å².